The van der Waals surface area contributed by atoms with Crippen molar-refractivity contribution in [1.29, 1.82) is 0 Å². The highest BCUT2D eigenvalue weighted by atomic mass is 32.2. The van der Waals surface area contributed by atoms with E-state index in [1.165, 1.54) is 11.6 Å². The van der Waals surface area contributed by atoms with Crippen LogP contribution in [0.2, 0.25) is 0 Å². The monoisotopic (exact) mass is 226 g/mol. The number of benzene rings is 1. The summed E-state index contributed by atoms with van der Waals surface area (Å²) in [4.78, 5) is 0. The van der Waals surface area contributed by atoms with Gasteiger partial charge in [-0.1, -0.05) is 36.4 Å². The van der Waals surface area contributed by atoms with Crippen molar-refractivity contribution in [1.82, 2.24) is 0 Å². The number of unbranched alkanes of at least 4 members (excludes halogenated alkanes) is 1. The molecule has 0 heterocycles. The molecule has 0 fully saturated rings. The third-order valence-corrected chi connectivity index (χ3v) is 2.48. The predicted molar refractivity (Wildman–Crippen MR) is 60.1 cm³/mol. The topological polar surface area (TPSA) is 54.4 Å². The molecule has 1 rings (SSSR count). The molecule has 4 heteroatoms. The molecule has 1 aromatic carbocycles. The molecule has 0 atom stereocenters. The van der Waals surface area contributed by atoms with Gasteiger partial charge in [0.05, 0.1) is 5.41 Å². The Morgan fingerprint density at radius 3 is 2.47 bits per heavy atom. The van der Waals surface area contributed by atoms with Gasteiger partial charge in [0.15, 0.2) is 0 Å². The van der Waals surface area contributed by atoms with Crippen LogP contribution in [0.5, 0.6) is 0 Å². The molecule has 0 bridgehead atoms. The van der Waals surface area contributed by atoms with Crippen molar-refractivity contribution in [3.05, 3.63) is 47.4 Å². The maximum Gasteiger partial charge on any atom is 0.287 e. The Morgan fingerprint density at radius 2 is 1.87 bits per heavy atom. The van der Waals surface area contributed by atoms with Gasteiger partial charge in [-0.05, 0) is 24.8 Å². The van der Waals surface area contributed by atoms with Gasteiger partial charge in [-0.15, -0.1) is 0 Å². The molecule has 82 valence electrons. The Balaban J connectivity index is 2.26. The van der Waals surface area contributed by atoms with E-state index in [4.69, 9.17) is 4.55 Å². The van der Waals surface area contributed by atoms with Crippen LogP contribution < -0.4 is 0 Å². The van der Waals surface area contributed by atoms with Crippen LogP contribution in [0, 0.1) is 0 Å². The van der Waals surface area contributed by atoms with Gasteiger partial charge < -0.3 is 0 Å². The molecule has 0 unspecified atom stereocenters. The van der Waals surface area contributed by atoms with E-state index < -0.39 is 10.1 Å². The molecule has 0 aromatic heterocycles. The first kappa shape index (κ1) is 11.9. The van der Waals surface area contributed by atoms with Crippen LogP contribution in [0.1, 0.15) is 18.4 Å². The lowest BCUT2D eigenvalue weighted by Crippen LogP contribution is -1.89. The first-order valence-electron chi connectivity index (χ1n) is 4.76. The molecule has 0 amide bonds. The fraction of sp³-hybridized carbons (Fsp3) is 0.273. The minimum Gasteiger partial charge on any atom is -0.282 e. The largest absolute Gasteiger partial charge is 0.287 e. The molecule has 0 radical (unpaired) electrons. The summed E-state index contributed by atoms with van der Waals surface area (Å²) in [6.07, 6.45) is 3.90. The fourth-order valence-electron chi connectivity index (χ4n) is 1.26. The van der Waals surface area contributed by atoms with E-state index in [1.54, 1.807) is 0 Å². The maximum absolute atomic E-state index is 10.3. The van der Waals surface area contributed by atoms with Crippen LogP contribution in [-0.4, -0.2) is 13.0 Å². The Morgan fingerprint density at radius 1 is 1.20 bits per heavy atom. The van der Waals surface area contributed by atoms with E-state index in [9.17, 15) is 8.42 Å². The highest BCUT2D eigenvalue weighted by molar-refractivity contribution is 7.88. The quantitative estimate of drug-likeness (QED) is 0.619. The third-order valence-electron chi connectivity index (χ3n) is 1.95. The maximum atomic E-state index is 10.3. The molecule has 0 saturated carbocycles. The summed E-state index contributed by atoms with van der Waals surface area (Å²) in [6, 6.07) is 9.98. The Labute approximate surface area is 90.2 Å². The first-order valence-corrected chi connectivity index (χ1v) is 6.26. The lowest BCUT2D eigenvalue weighted by Gasteiger charge is -1.97. The van der Waals surface area contributed by atoms with Gasteiger partial charge in [0.2, 0.25) is 0 Å². The summed E-state index contributed by atoms with van der Waals surface area (Å²) < 4.78 is 29.1. The SMILES string of the molecule is O=S(=O)(O)C=CCCCc1ccccc1. The normalized spacial score (nSPS) is 12.1. The second kappa shape index (κ2) is 5.68. The van der Waals surface area contributed by atoms with E-state index in [2.05, 4.69) is 0 Å². The lowest BCUT2D eigenvalue weighted by molar-refractivity contribution is 0.494. The van der Waals surface area contributed by atoms with Crippen LogP contribution in [0.4, 0.5) is 0 Å². The molecule has 1 N–H and O–H groups in total. The van der Waals surface area contributed by atoms with Crippen LogP contribution in [0.3, 0.4) is 0 Å². The van der Waals surface area contributed by atoms with Crippen LogP contribution in [0.15, 0.2) is 41.8 Å². The first-order chi connectivity index (χ1) is 7.08. The van der Waals surface area contributed by atoms with Crippen molar-refractivity contribution < 1.29 is 13.0 Å². The highest BCUT2D eigenvalue weighted by Gasteiger charge is 1.94. The molecular weight excluding hydrogens is 212 g/mol. The van der Waals surface area contributed by atoms with Crippen LogP contribution in [0.25, 0.3) is 0 Å². The van der Waals surface area contributed by atoms with E-state index in [0.29, 0.717) is 6.42 Å². The smallest absolute Gasteiger partial charge is 0.282 e. The molecular formula is C11H14O3S. The van der Waals surface area contributed by atoms with E-state index in [1.807, 2.05) is 30.3 Å². The average molecular weight is 226 g/mol. The summed E-state index contributed by atoms with van der Waals surface area (Å²) in [5, 5.41) is 0.831. The van der Waals surface area contributed by atoms with Crippen LogP contribution >= 0.6 is 0 Å². The molecule has 0 spiro atoms. The van der Waals surface area contributed by atoms with E-state index in [-0.39, 0.29) is 0 Å². The van der Waals surface area contributed by atoms with E-state index in [0.717, 1.165) is 18.2 Å². The van der Waals surface area contributed by atoms with Gasteiger partial charge in [-0.3, -0.25) is 4.55 Å². The summed E-state index contributed by atoms with van der Waals surface area (Å²) in [7, 11) is -3.95. The Hall–Kier alpha value is -1.13. The minimum absolute atomic E-state index is 0.648. The number of allylic oxidation sites excluding steroid dienone is 1. The Kier molecular flexibility index (Phi) is 4.52. The van der Waals surface area contributed by atoms with E-state index >= 15 is 0 Å². The van der Waals surface area contributed by atoms with Crippen molar-refractivity contribution in [2.75, 3.05) is 0 Å². The van der Waals surface area contributed by atoms with Gasteiger partial charge in [-0.25, -0.2) is 0 Å². The van der Waals surface area contributed by atoms with Gasteiger partial charge in [0.25, 0.3) is 10.1 Å². The summed E-state index contributed by atoms with van der Waals surface area (Å²) >= 11 is 0. The van der Waals surface area contributed by atoms with Gasteiger partial charge in [-0.2, -0.15) is 8.42 Å². The molecule has 0 aliphatic heterocycles. The number of hydrogen-bond acceptors (Lipinski definition) is 2. The van der Waals surface area contributed by atoms with Crippen molar-refractivity contribution in [2.24, 2.45) is 0 Å². The number of hydrogen-bond donors (Lipinski definition) is 1. The zero-order valence-electron chi connectivity index (χ0n) is 8.33. The van der Waals surface area contributed by atoms with Crippen molar-refractivity contribution >= 4 is 10.1 Å². The second-order valence-corrected chi connectivity index (χ2v) is 4.57. The number of rotatable bonds is 5. The minimum atomic E-state index is -3.95. The molecule has 0 aliphatic carbocycles. The zero-order chi connectivity index (χ0) is 11.1. The van der Waals surface area contributed by atoms with Gasteiger partial charge in [0, 0.05) is 0 Å². The fourth-order valence-corrected chi connectivity index (χ4v) is 1.64. The standard InChI is InChI=1S/C11H14O3S/c12-15(13,14)10-6-2-5-9-11-7-3-1-4-8-11/h1,3-4,6-8,10H,2,5,9H2,(H,12,13,14). The highest BCUT2D eigenvalue weighted by Crippen LogP contribution is 2.05. The average Bonchev–Trinajstić information content (AvgIpc) is 2.17. The van der Waals surface area contributed by atoms with Gasteiger partial charge >= 0.3 is 0 Å². The van der Waals surface area contributed by atoms with Crippen LogP contribution in [-0.2, 0) is 16.5 Å². The summed E-state index contributed by atoms with van der Waals surface area (Å²) in [5.74, 6) is 0. The molecule has 0 saturated heterocycles. The number of aryl methyl sites for hydroxylation is 1. The van der Waals surface area contributed by atoms with Crippen molar-refractivity contribution in [3.63, 3.8) is 0 Å². The summed E-state index contributed by atoms with van der Waals surface area (Å²) in [6.45, 7) is 0. The zero-order valence-corrected chi connectivity index (χ0v) is 9.15. The third kappa shape index (κ3) is 6.04. The molecule has 3 nitrogen and oxygen atoms in total. The van der Waals surface area contributed by atoms with Crippen molar-refractivity contribution in [3.8, 4) is 0 Å². The molecule has 0 aliphatic rings. The molecule has 1 aromatic rings. The molecule has 15 heavy (non-hydrogen) atoms. The van der Waals surface area contributed by atoms with Crippen molar-refractivity contribution in [2.45, 2.75) is 19.3 Å². The Bertz CT molecular complexity index is 407. The second-order valence-electron chi connectivity index (χ2n) is 3.26. The predicted octanol–water partition coefficient (Wildman–Crippen LogP) is 2.41. The van der Waals surface area contributed by atoms with Gasteiger partial charge in [0.1, 0.15) is 0 Å². The lowest BCUT2D eigenvalue weighted by atomic mass is 10.1. The summed E-state index contributed by atoms with van der Waals surface area (Å²) in [5.41, 5.74) is 1.23.